The van der Waals surface area contributed by atoms with Gasteiger partial charge in [0.2, 0.25) is 5.91 Å². The molecule has 17 heavy (non-hydrogen) atoms. The Kier molecular flexibility index (Phi) is 7.54. The van der Waals surface area contributed by atoms with Gasteiger partial charge in [-0.25, -0.2) is 4.79 Å². The second-order valence-corrected chi connectivity index (χ2v) is 4.34. The fourth-order valence-electron chi connectivity index (χ4n) is 1.38. The molecule has 0 saturated carbocycles. The molecule has 0 heterocycles. The molecule has 1 amide bonds. The third-order valence-corrected chi connectivity index (χ3v) is 2.77. The van der Waals surface area contributed by atoms with E-state index < -0.39 is 18.1 Å². The highest BCUT2D eigenvalue weighted by Gasteiger charge is 2.26. The van der Waals surface area contributed by atoms with Gasteiger partial charge in [0.1, 0.15) is 6.04 Å². The van der Waals surface area contributed by atoms with Crippen LogP contribution in [-0.4, -0.2) is 36.2 Å². The van der Waals surface area contributed by atoms with Crippen molar-refractivity contribution in [1.82, 2.24) is 5.32 Å². The van der Waals surface area contributed by atoms with Crippen LogP contribution in [0, 0.1) is 5.92 Å². The zero-order valence-electron chi connectivity index (χ0n) is 11.0. The quantitative estimate of drug-likeness (QED) is 0.652. The van der Waals surface area contributed by atoms with Gasteiger partial charge in [0.05, 0.1) is 13.2 Å². The van der Waals surface area contributed by atoms with Crippen molar-refractivity contribution < 1.29 is 19.4 Å². The Bertz CT molecular complexity index is 253. The summed E-state index contributed by atoms with van der Waals surface area (Å²) in [6.07, 6.45) is 0.860. The molecule has 0 aromatic rings. The summed E-state index contributed by atoms with van der Waals surface area (Å²) in [5.74, 6) is -0.635. The maximum atomic E-state index is 11.6. The minimum Gasteiger partial charge on any atom is -0.467 e. The molecule has 0 spiro atoms. The first-order valence-electron chi connectivity index (χ1n) is 5.97. The summed E-state index contributed by atoms with van der Waals surface area (Å²) in [5, 5.41) is 11.7. The number of ether oxygens (including phenoxy) is 1. The van der Waals surface area contributed by atoms with Gasteiger partial charge in [0.15, 0.2) is 0 Å². The van der Waals surface area contributed by atoms with Crippen molar-refractivity contribution in [3.05, 3.63) is 0 Å². The molecule has 0 fully saturated rings. The highest BCUT2D eigenvalue weighted by atomic mass is 16.5. The number of methoxy groups -OCH3 is 1. The van der Waals surface area contributed by atoms with Crippen molar-refractivity contribution in [3.63, 3.8) is 0 Å². The van der Waals surface area contributed by atoms with E-state index in [4.69, 9.17) is 5.11 Å². The summed E-state index contributed by atoms with van der Waals surface area (Å²) in [6.45, 7) is 5.46. The molecule has 0 bridgehead atoms. The third kappa shape index (κ3) is 6.26. The number of rotatable bonds is 7. The van der Waals surface area contributed by atoms with Crippen LogP contribution in [0.5, 0.6) is 0 Å². The van der Waals surface area contributed by atoms with Crippen LogP contribution >= 0.6 is 0 Å². The smallest absolute Gasteiger partial charge is 0.328 e. The predicted molar refractivity (Wildman–Crippen MR) is 64.3 cm³/mol. The number of nitrogens with one attached hydrogen (secondary N) is 1. The van der Waals surface area contributed by atoms with E-state index in [1.54, 1.807) is 6.92 Å². The van der Waals surface area contributed by atoms with E-state index in [0.29, 0.717) is 6.42 Å². The van der Waals surface area contributed by atoms with Crippen LogP contribution in [0.1, 0.15) is 40.0 Å². The second-order valence-electron chi connectivity index (χ2n) is 4.34. The van der Waals surface area contributed by atoms with Gasteiger partial charge in [-0.05, 0) is 19.3 Å². The molecule has 0 aliphatic heterocycles. The van der Waals surface area contributed by atoms with Crippen molar-refractivity contribution in [2.75, 3.05) is 7.11 Å². The third-order valence-electron chi connectivity index (χ3n) is 2.77. The lowest BCUT2D eigenvalue weighted by atomic mass is 9.99. The van der Waals surface area contributed by atoms with Gasteiger partial charge in [-0.2, -0.15) is 0 Å². The number of aliphatic hydroxyl groups excluding tert-OH is 1. The lowest BCUT2D eigenvalue weighted by Gasteiger charge is -2.21. The van der Waals surface area contributed by atoms with E-state index >= 15 is 0 Å². The van der Waals surface area contributed by atoms with Crippen LogP contribution in [0.2, 0.25) is 0 Å². The van der Waals surface area contributed by atoms with Gasteiger partial charge in [-0.1, -0.05) is 20.3 Å². The Balaban J connectivity index is 4.33. The standard InChI is InChI=1S/C12H23NO4/c1-5-8(2)11(12(16)17-4)13-10(15)7-6-9(3)14/h8-9,11,14H,5-7H2,1-4H3,(H,13,15). The summed E-state index contributed by atoms with van der Waals surface area (Å²) in [6, 6.07) is -0.605. The molecule has 5 heteroatoms. The van der Waals surface area contributed by atoms with E-state index in [0.717, 1.165) is 6.42 Å². The Morgan fingerprint density at radius 2 is 1.94 bits per heavy atom. The largest absolute Gasteiger partial charge is 0.467 e. The fourth-order valence-corrected chi connectivity index (χ4v) is 1.38. The summed E-state index contributed by atoms with van der Waals surface area (Å²) in [4.78, 5) is 23.1. The van der Waals surface area contributed by atoms with E-state index in [-0.39, 0.29) is 18.2 Å². The average Bonchev–Trinajstić information content (AvgIpc) is 2.31. The van der Waals surface area contributed by atoms with Crippen LogP contribution in [0.15, 0.2) is 0 Å². The van der Waals surface area contributed by atoms with Crippen LogP contribution in [-0.2, 0) is 14.3 Å². The predicted octanol–water partition coefficient (Wildman–Crippen LogP) is 0.851. The Hall–Kier alpha value is -1.10. The highest BCUT2D eigenvalue weighted by molar-refractivity contribution is 5.84. The molecule has 0 rings (SSSR count). The number of amides is 1. The van der Waals surface area contributed by atoms with Crippen LogP contribution in [0.3, 0.4) is 0 Å². The molecule has 0 aromatic carbocycles. The van der Waals surface area contributed by atoms with Gasteiger partial charge in [-0.15, -0.1) is 0 Å². The van der Waals surface area contributed by atoms with Crippen molar-refractivity contribution in [2.24, 2.45) is 5.92 Å². The molecule has 2 N–H and O–H groups in total. The maximum absolute atomic E-state index is 11.6. The van der Waals surface area contributed by atoms with E-state index in [9.17, 15) is 9.59 Å². The van der Waals surface area contributed by atoms with Crippen molar-refractivity contribution >= 4 is 11.9 Å². The molecule has 100 valence electrons. The van der Waals surface area contributed by atoms with E-state index in [1.165, 1.54) is 7.11 Å². The Morgan fingerprint density at radius 3 is 2.35 bits per heavy atom. The number of esters is 1. The lowest BCUT2D eigenvalue weighted by Crippen LogP contribution is -2.45. The number of carbonyl (C=O) groups excluding carboxylic acids is 2. The number of hydrogen-bond donors (Lipinski definition) is 2. The molecule has 5 nitrogen and oxygen atoms in total. The first-order chi connectivity index (χ1) is 7.92. The van der Waals surface area contributed by atoms with Crippen molar-refractivity contribution in [3.8, 4) is 0 Å². The van der Waals surface area contributed by atoms with Gasteiger partial charge in [-0.3, -0.25) is 4.79 Å². The second kappa shape index (κ2) is 8.06. The number of hydrogen-bond acceptors (Lipinski definition) is 4. The van der Waals surface area contributed by atoms with E-state index in [1.807, 2.05) is 13.8 Å². The molecule has 0 radical (unpaired) electrons. The molecular formula is C12H23NO4. The zero-order valence-corrected chi connectivity index (χ0v) is 11.0. The molecule has 3 atom stereocenters. The first kappa shape index (κ1) is 15.9. The van der Waals surface area contributed by atoms with Crippen molar-refractivity contribution in [1.29, 1.82) is 0 Å². The molecule has 0 saturated heterocycles. The topological polar surface area (TPSA) is 75.6 Å². The molecular weight excluding hydrogens is 222 g/mol. The van der Waals surface area contributed by atoms with Crippen molar-refractivity contribution in [2.45, 2.75) is 52.2 Å². The molecule has 0 aliphatic rings. The Labute approximate surface area is 103 Å². The number of carbonyl (C=O) groups is 2. The summed E-state index contributed by atoms with van der Waals surface area (Å²) in [7, 11) is 1.31. The summed E-state index contributed by atoms with van der Waals surface area (Å²) >= 11 is 0. The average molecular weight is 245 g/mol. The van der Waals surface area contributed by atoms with Crippen LogP contribution < -0.4 is 5.32 Å². The number of aliphatic hydroxyl groups is 1. The minimum absolute atomic E-state index is 0.0259. The molecule has 3 unspecified atom stereocenters. The molecule has 0 aliphatic carbocycles. The van der Waals surface area contributed by atoms with Crippen LogP contribution in [0.25, 0.3) is 0 Å². The fraction of sp³-hybridized carbons (Fsp3) is 0.833. The van der Waals surface area contributed by atoms with Gasteiger partial charge in [0.25, 0.3) is 0 Å². The van der Waals surface area contributed by atoms with Gasteiger partial charge < -0.3 is 15.2 Å². The normalized spacial score (nSPS) is 15.8. The van der Waals surface area contributed by atoms with E-state index in [2.05, 4.69) is 10.1 Å². The van der Waals surface area contributed by atoms with Gasteiger partial charge in [0, 0.05) is 6.42 Å². The summed E-state index contributed by atoms with van der Waals surface area (Å²) in [5.41, 5.74) is 0. The Morgan fingerprint density at radius 1 is 1.35 bits per heavy atom. The maximum Gasteiger partial charge on any atom is 0.328 e. The minimum atomic E-state index is -0.605. The van der Waals surface area contributed by atoms with Crippen LogP contribution in [0.4, 0.5) is 0 Å². The zero-order chi connectivity index (χ0) is 13.4. The summed E-state index contributed by atoms with van der Waals surface area (Å²) < 4.78 is 4.66. The molecule has 0 aromatic heterocycles. The SMILES string of the molecule is CCC(C)C(NC(=O)CCC(C)O)C(=O)OC. The van der Waals surface area contributed by atoms with Gasteiger partial charge >= 0.3 is 5.97 Å². The highest BCUT2D eigenvalue weighted by Crippen LogP contribution is 2.09. The monoisotopic (exact) mass is 245 g/mol. The lowest BCUT2D eigenvalue weighted by molar-refractivity contribution is -0.146. The first-order valence-corrected chi connectivity index (χ1v) is 5.97.